The molecule has 0 unspecified atom stereocenters. The first-order chi connectivity index (χ1) is 15.5. The molecule has 0 radical (unpaired) electrons. The van der Waals surface area contributed by atoms with Crippen molar-refractivity contribution in [2.24, 2.45) is 0 Å². The van der Waals surface area contributed by atoms with Crippen LogP contribution in [0.2, 0.25) is 0 Å². The van der Waals surface area contributed by atoms with Crippen LogP contribution in [-0.2, 0) is 4.79 Å². The van der Waals surface area contributed by atoms with Gasteiger partial charge in [0.15, 0.2) is 4.34 Å². The third-order valence-electron chi connectivity index (χ3n) is 5.08. The number of halogens is 1. The number of piperazine rings is 1. The summed E-state index contributed by atoms with van der Waals surface area (Å²) in [5.74, 6) is -0.303. The van der Waals surface area contributed by atoms with Gasteiger partial charge in [0.25, 0.3) is 5.91 Å². The molecule has 1 fully saturated rings. The number of hydrogen-bond donors (Lipinski definition) is 1. The molecular weight excluding hydrogens is 447 g/mol. The van der Waals surface area contributed by atoms with Crippen LogP contribution in [0.1, 0.15) is 16.1 Å². The van der Waals surface area contributed by atoms with Crippen LogP contribution in [0.4, 0.5) is 15.8 Å². The molecule has 9 heteroatoms. The van der Waals surface area contributed by atoms with Crippen molar-refractivity contribution in [1.29, 1.82) is 0 Å². The summed E-state index contributed by atoms with van der Waals surface area (Å²) in [4.78, 5) is 33.1. The van der Waals surface area contributed by atoms with E-state index in [0.29, 0.717) is 37.5 Å². The number of nitrogens with zero attached hydrogens (tertiary/aromatic N) is 3. The van der Waals surface area contributed by atoms with Crippen LogP contribution < -0.4 is 10.2 Å². The maximum absolute atomic E-state index is 13.4. The summed E-state index contributed by atoms with van der Waals surface area (Å²) in [6.45, 7) is 4.46. The predicted molar refractivity (Wildman–Crippen MR) is 127 cm³/mol. The van der Waals surface area contributed by atoms with Gasteiger partial charge in [0.2, 0.25) is 5.91 Å². The number of carbonyl (C=O) groups is 2. The minimum Gasteiger partial charge on any atom is -0.368 e. The Balaban J connectivity index is 1.26. The first kappa shape index (κ1) is 22.3. The fourth-order valence-electron chi connectivity index (χ4n) is 3.45. The molecule has 3 aromatic rings. The molecular formula is C23H23FN4O2S2. The van der Waals surface area contributed by atoms with Gasteiger partial charge in [-0.15, -0.1) is 11.3 Å². The van der Waals surface area contributed by atoms with E-state index in [2.05, 4.69) is 15.2 Å². The van der Waals surface area contributed by atoms with Crippen LogP contribution in [0.3, 0.4) is 0 Å². The van der Waals surface area contributed by atoms with Crippen molar-refractivity contribution in [2.75, 3.05) is 42.1 Å². The smallest absolute Gasteiger partial charge is 0.254 e. The molecule has 1 saturated heterocycles. The molecule has 2 amide bonds. The molecule has 1 N–H and O–H groups in total. The molecule has 4 rings (SSSR count). The number of nitrogens with one attached hydrogen (secondary N) is 1. The molecule has 0 bridgehead atoms. The lowest BCUT2D eigenvalue weighted by atomic mass is 10.1. The molecule has 6 nitrogen and oxygen atoms in total. The third kappa shape index (κ3) is 5.66. The van der Waals surface area contributed by atoms with E-state index < -0.39 is 5.82 Å². The number of amides is 2. The first-order valence-corrected chi connectivity index (χ1v) is 12.1. The Morgan fingerprint density at radius 1 is 1.12 bits per heavy atom. The lowest BCUT2D eigenvalue weighted by Crippen LogP contribution is -2.48. The molecule has 2 aromatic carbocycles. The van der Waals surface area contributed by atoms with Gasteiger partial charge in [0.05, 0.1) is 5.75 Å². The Morgan fingerprint density at radius 2 is 1.88 bits per heavy atom. The lowest BCUT2D eigenvalue weighted by molar-refractivity contribution is -0.113. The number of hydrogen-bond acceptors (Lipinski definition) is 6. The Kier molecular flexibility index (Phi) is 7.06. The van der Waals surface area contributed by atoms with E-state index >= 15 is 0 Å². The van der Waals surface area contributed by atoms with E-state index in [1.54, 1.807) is 28.4 Å². The Bertz CT molecular complexity index is 1100. The summed E-state index contributed by atoms with van der Waals surface area (Å²) >= 11 is 2.97. The summed E-state index contributed by atoms with van der Waals surface area (Å²) in [5.41, 5.74) is 3.12. The molecule has 1 aliphatic rings. The number of rotatable bonds is 6. The molecule has 0 saturated carbocycles. The van der Waals surface area contributed by atoms with Crippen molar-refractivity contribution in [1.82, 2.24) is 9.88 Å². The topological polar surface area (TPSA) is 65.5 Å². The quantitative estimate of drug-likeness (QED) is 0.545. The molecule has 1 aromatic heterocycles. The van der Waals surface area contributed by atoms with E-state index in [1.165, 1.54) is 23.9 Å². The van der Waals surface area contributed by atoms with Crippen molar-refractivity contribution in [2.45, 2.75) is 11.3 Å². The van der Waals surface area contributed by atoms with Crippen molar-refractivity contribution in [3.05, 3.63) is 71.0 Å². The van der Waals surface area contributed by atoms with Gasteiger partial charge in [0.1, 0.15) is 5.82 Å². The average Bonchev–Trinajstić information content (AvgIpc) is 3.23. The van der Waals surface area contributed by atoms with Gasteiger partial charge < -0.3 is 15.1 Å². The summed E-state index contributed by atoms with van der Waals surface area (Å²) in [6, 6.07) is 13.5. The number of thioether (sulfide) groups is 1. The van der Waals surface area contributed by atoms with Crippen molar-refractivity contribution in [3.8, 4) is 0 Å². The largest absolute Gasteiger partial charge is 0.368 e. The normalized spacial score (nSPS) is 13.8. The Labute approximate surface area is 194 Å². The van der Waals surface area contributed by atoms with Crippen molar-refractivity contribution < 1.29 is 14.0 Å². The minimum atomic E-state index is -0.404. The predicted octanol–water partition coefficient (Wildman–Crippen LogP) is 4.28. The number of anilines is 2. The zero-order valence-electron chi connectivity index (χ0n) is 17.6. The molecule has 0 atom stereocenters. The summed E-state index contributed by atoms with van der Waals surface area (Å²) < 4.78 is 14.3. The molecule has 0 spiro atoms. The van der Waals surface area contributed by atoms with E-state index in [4.69, 9.17) is 0 Å². The van der Waals surface area contributed by atoms with Crippen LogP contribution in [0.5, 0.6) is 0 Å². The number of thiazole rings is 1. The zero-order chi connectivity index (χ0) is 22.5. The number of carbonyl (C=O) groups excluding carboxylic acids is 2. The van der Waals surface area contributed by atoms with E-state index in [-0.39, 0.29) is 11.8 Å². The van der Waals surface area contributed by atoms with Crippen LogP contribution in [-0.4, -0.2) is 53.6 Å². The second-order valence-corrected chi connectivity index (χ2v) is 9.51. The second-order valence-electron chi connectivity index (χ2n) is 7.43. The maximum Gasteiger partial charge on any atom is 0.254 e. The number of aryl methyl sites for hydroxylation is 1. The van der Waals surface area contributed by atoms with Gasteiger partial charge in [-0.25, -0.2) is 9.37 Å². The maximum atomic E-state index is 13.4. The van der Waals surface area contributed by atoms with Crippen molar-refractivity contribution >= 4 is 46.3 Å². The highest BCUT2D eigenvalue weighted by Crippen LogP contribution is 2.23. The minimum absolute atomic E-state index is 0.0694. The van der Waals surface area contributed by atoms with Gasteiger partial charge in [-0.05, 0) is 49.4 Å². The standard InChI is InChI=1S/C23H23FN4O2S2/c1-16-14-31-23(25-16)32-15-21(29)26-19-5-7-20(8-6-19)27-9-11-28(12-10-27)22(30)17-3-2-4-18(24)13-17/h2-8,13-14H,9-12,15H2,1H3,(H,26,29). The van der Waals surface area contributed by atoms with E-state index in [1.807, 2.05) is 36.6 Å². The number of benzene rings is 2. The average molecular weight is 471 g/mol. The van der Waals surface area contributed by atoms with Gasteiger partial charge >= 0.3 is 0 Å². The Morgan fingerprint density at radius 3 is 2.53 bits per heavy atom. The fraction of sp³-hybridized carbons (Fsp3) is 0.261. The molecule has 2 heterocycles. The lowest BCUT2D eigenvalue weighted by Gasteiger charge is -2.36. The Hall–Kier alpha value is -2.91. The van der Waals surface area contributed by atoms with E-state index in [9.17, 15) is 14.0 Å². The van der Waals surface area contributed by atoms with Crippen LogP contribution >= 0.6 is 23.1 Å². The van der Waals surface area contributed by atoms with E-state index in [0.717, 1.165) is 21.4 Å². The van der Waals surface area contributed by atoms with Crippen LogP contribution in [0.25, 0.3) is 0 Å². The van der Waals surface area contributed by atoms with Gasteiger partial charge in [0, 0.05) is 54.2 Å². The molecule has 166 valence electrons. The van der Waals surface area contributed by atoms with Gasteiger partial charge in [-0.2, -0.15) is 0 Å². The summed E-state index contributed by atoms with van der Waals surface area (Å²) in [6.07, 6.45) is 0. The molecule has 0 aliphatic carbocycles. The van der Waals surface area contributed by atoms with Gasteiger partial charge in [-0.1, -0.05) is 17.8 Å². The second kappa shape index (κ2) is 10.1. The van der Waals surface area contributed by atoms with Gasteiger partial charge in [-0.3, -0.25) is 9.59 Å². The monoisotopic (exact) mass is 470 g/mol. The highest BCUT2D eigenvalue weighted by Gasteiger charge is 2.22. The fourth-order valence-corrected chi connectivity index (χ4v) is 5.10. The first-order valence-electron chi connectivity index (χ1n) is 10.2. The highest BCUT2D eigenvalue weighted by molar-refractivity contribution is 8.01. The zero-order valence-corrected chi connectivity index (χ0v) is 19.2. The molecule has 32 heavy (non-hydrogen) atoms. The van der Waals surface area contributed by atoms with Crippen molar-refractivity contribution in [3.63, 3.8) is 0 Å². The van der Waals surface area contributed by atoms with Crippen LogP contribution in [0, 0.1) is 12.7 Å². The molecule has 1 aliphatic heterocycles. The third-order valence-corrected chi connectivity index (χ3v) is 7.22. The SMILES string of the molecule is Cc1csc(SCC(=O)Nc2ccc(N3CCN(C(=O)c4cccc(F)c4)CC3)cc2)n1. The summed E-state index contributed by atoms with van der Waals surface area (Å²) in [7, 11) is 0. The van der Waals surface area contributed by atoms with Crippen LogP contribution in [0.15, 0.2) is 58.3 Å². The number of aromatic nitrogens is 1. The highest BCUT2D eigenvalue weighted by atomic mass is 32.2. The summed E-state index contributed by atoms with van der Waals surface area (Å²) in [5, 5.41) is 4.88.